The van der Waals surface area contributed by atoms with Crippen molar-refractivity contribution in [2.45, 2.75) is 303 Å². The van der Waals surface area contributed by atoms with Gasteiger partial charge in [0.25, 0.3) is 7.82 Å². The summed E-state index contributed by atoms with van der Waals surface area (Å²) in [6.07, 6.45) is 72.9. The number of unbranched alkanes of at least 4 members (excludes halogenated alkanes) is 32. The van der Waals surface area contributed by atoms with Crippen molar-refractivity contribution in [3.63, 3.8) is 0 Å². The topological polar surface area (TPSA) is 114 Å². The first-order chi connectivity index (χ1) is 37.4. The molecule has 1 N–H and O–H groups in total. The molecule has 0 radical (unpaired) electrons. The normalized spacial score (nSPS) is 14.1. The molecule has 0 saturated carbocycles. The summed E-state index contributed by atoms with van der Waals surface area (Å²) in [6, 6.07) is -0.892. The highest BCUT2D eigenvalue weighted by atomic mass is 31.2. The van der Waals surface area contributed by atoms with Crippen LogP contribution in [0.2, 0.25) is 0 Å². The Balaban J connectivity index is 5.15. The van der Waals surface area contributed by atoms with Crippen LogP contribution >= 0.6 is 7.82 Å². The fourth-order valence-electron chi connectivity index (χ4n) is 9.20. The monoisotopic (exact) mass is 1100 g/mol. The number of likely N-dealkylation sites (N-methyl/N-ethyl adjacent to an activating group) is 1. The molecule has 0 fully saturated rings. The number of carbonyl (C=O) groups excluding carboxylic acids is 2. The van der Waals surface area contributed by atoms with E-state index in [0.29, 0.717) is 17.4 Å². The minimum atomic E-state index is -4.70. The van der Waals surface area contributed by atoms with E-state index in [1.54, 1.807) is 0 Å². The highest BCUT2D eigenvalue weighted by Crippen LogP contribution is 2.38. The summed E-state index contributed by atoms with van der Waals surface area (Å²) in [7, 11) is 1.18. The van der Waals surface area contributed by atoms with E-state index in [9.17, 15) is 19.0 Å². The zero-order valence-electron chi connectivity index (χ0n) is 51.2. The van der Waals surface area contributed by atoms with Crippen LogP contribution in [-0.4, -0.2) is 69.4 Å². The van der Waals surface area contributed by atoms with Crippen LogP contribution in [0, 0.1) is 0 Å². The number of carbonyl (C=O) groups is 2. The molecular weight excluding hydrogens is 976 g/mol. The van der Waals surface area contributed by atoms with Crippen molar-refractivity contribution >= 4 is 19.7 Å². The van der Waals surface area contributed by atoms with E-state index in [1.165, 1.54) is 154 Å². The summed E-state index contributed by atoms with van der Waals surface area (Å²) < 4.78 is 30.3. The summed E-state index contributed by atoms with van der Waals surface area (Å²) in [4.78, 5) is 40.0. The number of phosphoric ester groups is 1. The second-order valence-electron chi connectivity index (χ2n) is 22.9. The van der Waals surface area contributed by atoms with Crippen molar-refractivity contribution in [2.24, 2.45) is 0 Å². The van der Waals surface area contributed by atoms with Gasteiger partial charge in [0.1, 0.15) is 19.3 Å². The molecule has 0 aliphatic heterocycles. The quantitative estimate of drug-likeness (QED) is 0.0212. The Hall–Kier alpha value is -2.55. The summed E-state index contributed by atoms with van der Waals surface area (Å²) in [5.41, 5.74) is 0. The number of allylic oxidation sites excluding steroid dienone is 11. The van der Waals surface area contributed by atoms with Gasteiger partial charge in [0, 0.05) is 12.8 Å². The minimum absolute atomic E-state index is 0.0243. The molecule has 3 atom stereocenters. The fourth-order valence-corrected chi connectivity index (χ4v) is 9.92. The molecule has 0 aromatic rings. The summed E-state index contributed by atoms with van der Waals surface area (Å²) >= 11 is 0. The SMILES string of the molecule is CC/C=C\C/C=C\C/C=C\C/C=C\C/C=C\CCCCCCCCCCCC(=O)NC(COP(=O)([O-])OCC[N+](C)(C)C)C(/C=C\CCCCCCCCCCCCC)OC(=O)CCCCCCCCCCCCCCC. The number of nitrogens with zero attached hydrogens (tertiary/aromatic N) is 1. The van der Waals surface area contributed by atoms with Crippen LogP contribution in [-0.2, 0) is 27.9 Å². The molecule has 0 aromatic carbocycles. The lowest BCUT2D eigenvalue weighted by Crippen LogP contribution is -2.47. The molecule has 0 aliphatic rings. The van der Waals surface area contributed by atoms with Gasteiger partial charge in [-0.15, -0.1) is 0 Å². The van der Waals surface area contributed by atoms with Gasteiger partial charge in [-0.05, 0) is 76.7 Å². The maximum absolute atomic E-state index is 13.6. The molecule has 9 nitrogen and oxygen atoms in total. The molecule has 0 saturated heterocycles. The third kappa shape index (κ3) is 57.9. The van der Waals surface area contributed by atoms with Crippen molar-refractivity contribution in [1.29, 1.82) is 0 Å². The molecule has 0 aromatic heterocycles. The first-order valence-electron chi connectivity index (χ1n) is 32.2. The van der Waals surface area contributed by atoms with Crippen LogP contribution < -0.4 is 10.2 Å². The number of esters is 1. The number of quaternary nitrogens is 1. The predicted molar refractivity (Wildman–Crippen MR) is 330 cm³/mol. The molecule has 0 rings (SSSR count). The number of nitrogens with one attached hydrogen (secondary N) is 1. The van der Waals surface area contributed by atoms with E-state index in [0.717, 1.165) is 103 Å². The van der Waals surface area contributed by atoms with Gasteiger partial charge in [-0.1, -0.05) is 274 Å². The van der Waals surface area contributed by atoms with Crippen LogP contribution in [0.4, 0.5) is 0 Å². The Morgan fingerprint density at radius 2 is 0.831 bits per heavy atom. The Morgan fingerprint density at radius 1 is 0.468 bits per heavy atom. The summed E-state index contributed by atoms with van der Waals surface area (Å²) in [5, 5.41) is 3.03. The maximum Gasteiger partial charge on any atom is 0.306 e. The Bertz CT molecular complexity index is 1550. The number of phosphoric acid groups is 1. The fraction of sp³-hybridized carbons (Fsp3) is 0.791. The molecule has 0 spiro atoms. The minimum Gasteiger partial charge on any atom is -0.756 e. The Labute approximate surface area is 476 Å². The smallest absolute Gasteiger partial charge is 0.306 e. The Kier molecular flexibility index (Phi) is 54.8. The lowest BCUT2D eigenvalue weighted by Gasteiger charge is -2.30. The number of rotatable bonds is 58. The number of hydrogen-bond acceptors (Lipinski definition) is 7. The average Bonchev–Trinajstić information content (AvgIpc) is 3.39. The largest absolute Gasteiger partial charge is 0.756 e. The van der Waals surface area contributed by atoms with Gasteiger partial charge in [0.05, 0.1) is 33.8 Å². The van der Waals surface area contributed by atoms with E-state index >= 15 is 0 Å². The van der Waals surface area contributed by atoms with E-state index < -0.39 is 26.6 Å². The van der Waals surface area contributed by atoms with E-state index in [2.05, 4.69) is 86.8 Å². The van der Waals surface area contributed by atoms with Gasteiger partial charge in [-0.25, -0.2) is 0 Å². The number of amides is 1. The predicted octanol–water partition coefficient (Wildman–Crippen LogP) is 19.4. The standard InChI is InChI=1S/C67H123N2O7P/c1-7-10-13-16-19-22-25-28-29-30-31-32-33-34-35-36-37-38-39-42-44-47-50-53-56-59-66(70)68-64(63-75-77(72,73)74-62-61-69(4,5)6)65(58-55-52-49-46-43-40-26-23-20-17-14-11-8-2)76-67(71)60-57-54-51-48-45-41-27-24-21-18-15-12-9-3/h10,13,19,22,28-29,31-32,34-35,55,58,64-65H,7-9,11-12,14-18,20-21,23-27,30,33,36-54,56-57,59-63H2,1-6H3,(H-,68,70,72,73)/b13-10-,22-19-,29-28-,32-31-,35-34-,58-55-. The highest BCUT2D eigenvalue weighted by molar-refractivity contribution is 7.45. The van der Waals surface area contributed by atoms with Crippen molar-refractivity contribution < 1.29 is 37.3 Å². The number of ether oxygens (including phenoxy) is 1. The van der Waals surface area contributed by atoms with E-state index in [1.807, 2.05) is 33.3 Å². The van der Waals surface area contributed by atoms with Gasteiger partial charge in [0.2, 0.25) is 5.91 Å². The van der Waals surface area contributed by atoms with Crippen LogP contribution in [0.3, 0.4) is 0 Å². The third-order valence-electron chi connectivity index (χ3n) is 14.2. The Morgan fingerprint density at radius 3 is 1.25 bits per heavy atom. The van der Waals surface area contributed by atoms with Crippen molar-refractivity contribution in [1.82, 2.24) is 5.32 Å². The lowest BCUT2D eigenvalue weighted by molar-refractivity contribution is -0.870. The summed E-state index contributed by atoms with van der Waals surface area (Å²) in [5.74, 6) is -0.541. The molecule has 0 bridgehead atoms. The molecule has 0 aliphatic carbocycles. The lowest BCUT2D eigenvalue weighted by atomic mass is 10.0. The van der Waals surface area contributed by atoms with Crippen LogP contribution in [0.5, 0.6) is 0 Å². The summed E-state index contributed by atoms with van der Waals surface area (Å²) in [6.45, 7) is 6.74. The second kappa shape index (κ2) is 56.7. The van der Waals surface area contributed by atoms with Gasteiger partial charge in [-0.2, -0.15) is 0 Å². The molecular formula is C67H123N2O7P. The van der Waals surface area contributed by atoms with Gasteiger partial charge in [0.15, 0.2) is 0 Å². The van der Waals surface area contributed by atoms with Crippen LogP contribution in [0.25, 0.3) is 0 Å². The third-order valence-corrected chi connectivity index (χ3v) is 15.1. The van der Waals surface area contributed by atoms with Crippen LogP contribution in [0.15, 0.2) is 72.9 Å². The van der Waals surface area contributed by atoms with E-state index in [-0.39, 0.29) is 24.9 Å². The van der Waals surface area contributed by atoms with E-state index in [4.69, 9.17) is 13.8 Å². The molecule has 0 heterocycles. The average molecular weight is 1100 g/mol. The second-order valence-corrected chi connectivity index (χ2v) is 24.3. The maximum atomic E-state index is 13.6. The van der Waals surface area contributed by atoms with Crippen LogP contribution in [0.1, 0.15) is 290 Å². The van der Waals surface area contributed by atoms with Gasteiger partial charge in [-0.3, -0.25) is 14.2 Å². The van der Waals surface area contributed by atoms with Crippen molar-refractivity contribution in [3.8, 4) is 0 Å². The zero-order valence-corrected chi connectivity index (χ0v) is 52.0. The van der Waals surface area contributed by atoms with Crippen molar-refractivity contribution in [3.05, 3.63) is 72.9 Å². The van der Waals surface area contributed by atoms with Gasteiger partial charge >= 0.3 is 5.97 Å². The molecule has 3 unspecified atom stereocenters. The first-order valence-corrected chi connectivity index (χ1v) is 33.7. The molecule has 10 heteroatoms. The molecule has 1 amide bonds. The molecule has 77 heavy (non-hydrogen) atoms. The number of hydrogen-bond donors (Lipinski definition) is 1. The molecule has 448 valence electrons. The first kappa shape index (κ1) is 74.5. The highest BCUT2D eigenvalue weighted by Gasteiger charge is 2.27. The van der Waals surface area contributed by atoms with Gasteiger partial charge < -0.3 is 28.5 Å². The van der Waals surface area contributed by atoms with Crippen molar-refractivity contribution in [2.75, 3.05) is 40.9 Å². The zero-order chi connectivity index (χ0) is 56.4.